The second-order valence-electron chi connectivity index (χ2n) is 4.29. The van der Waals surface area contributed by atoms with Crippen LogP contribution in [0.1, 0.15) is 13.3 Å². The molecule has 0 unspecified atom stereocenters. The molecule has 10 heteroatoms. The minimum Gasteiger partial charge on any atom is -0.383 e. The molecule has 2 rings (SSSR count). The first-order chi connectivity index (χ1) is 8.15. The normalized spacial score (nSPS) is 19.2. The third kappa shape index (κ3) is 2.38. The van der Waals surface area contributed by atoms with Crippen molar-refractivity contribution in [3.63, 3.8) is 0 Å². The summed E-state index contributed by atoms with van der Waals surface area (Å²) in [5, 5.41) is 14.3. The maximum absolute atomic E-state index is 4.08. The lowest BCUT2D eigenvalue weighted by atomic mass is 9.62. The molecule has 0 atom stereocenters. The fourth-order valence-corrected chi connectivity index (χ4v) is 3.28. The van der Waals surface area contributed by atoms with Crippen LogP contribution in [0.15, 0.2) is 0 Å². The van der Waals surface area contributed by atoms with Crippen LogP contribution in [0.5, 0.6) is 0 Å². The van der Waals surface area contributed by atoms with Gasteiger partial charge in [0.15, 0.2) is 0 Å². The van der Waals surface area contributed by atoms with Crippen molar-refractivity contribution in [2.75, 3.05) is 18.1 Å². The summed E-state index contributed by atoms with van der Waals surface area (Å²) in [5.74, 6) is 0.677. The van der Waals surface area contributed by atoms with Crippen molar-refractivity contribution in [3.8, 4) is 0 Å². The molecule has 1 aromatic rings. The van der Waals surface area contributed by atoms with Crippen LogP contribution < -0.4 is 4.48 Å². The molecule has 1 saturated heterocycles. The molecule has 0 bridgehead atoms. The van der Waals surface area contributed by atoms with Gasteiger partial charge < -0.3 is 13.7 Å². The molecule has 2 radical (unpaired) electrons. The van der Waals surface area contributed by atoms with E-state index in [0.717, 1.165) is 13.0 Å². The highest BCUT2D eigenvalue weighted by Gasteiger charge is 2.41. The van der Waals surface area contributed by atoms with Crippen molar-refractivity contribution in [1.29, 1.82) is 0 Å². The molecule has 0 amide bonds. The number of tetrazole rings is 1. The minimum atomic E-state index is 0.303. The number of aromatic nitrogens is 4. The topological polar surface area (TPSA) is 64.2 Å². The first-order valence-electron chi connectivity index (χ1n) is 5.92. The fraction of sp³-hybridized carbons (Fsp3) is 0.857. The number of nitrogens with zero attached hydrogens (tertiary/aromatic N) is 6. The van der Waals surface area contributed by atoms with Crippen molar-refractivity contribution in [2.24, 2.45) is 0 Å². The summed E-state index contributed by atoms with van der Waals surface area (Å²) in [7, 11) is 2.68. The maximum Gasteiger partial charge on any atom is 0.324 e. The summed E-state index contributed by atoms with van der Waals surface area (Å²) in [5.41, 5.74) is 0. The molecule has 2 heterocycles. The van der Waals surface area contributed by atoms with Crippen LogP contribution in [0.2, 0.25) is 13.6 Å². The van der Waals surface area contributed by atoms with Gasteiger partial charge in [-0.1, -0.05) is 25.7 Å². The number of hydrogen-bond acceptors (Lipinski definition) is 6. The Kier molecular flexibility index (Phi) is 3.85. The molecule has 7 nitrogen and oxygen atoms in total. The van der Waals surface area contributed by atoms with Gasteiger partial charge in [-0.2, -0.15) is 5.21 Å². The van der Waals surface area contributed by atoms with E-state index < -0.39 is 0 Å². The third-order valence-electron chi connectivity index (χ3n) is 3.19. The first kappa shape index (κ1) is 12.6. The van der Waals surface area contributed by atoms with E-state index in [1.54, 1.807) is 0 Å². The van der Waals surface area contributed by atoms with Crippen LogP contribution in [0, 0.1) is 0 Å². The summed E-state index contributed by atoms with van der Waals surface area (Å²) in [6.45, 7) is 8.47. The van der Waals surface area contributed by atoms with E-state index in [9.17, 15) is 0 Å². The van der Waals surface area contributed by atoms with E-state index >= 15 is 0 Å². The molecule has 1 N–H and O–H groups in total. The molecule has 0 aromatic carbocycles. The molecule has 0 saturated carbocycles. The van der Waals surface area contributed by atoms with Crippen LogP contribution in [0.4, 0.5) is 5.95 Å². The Morgan fingerprint density at radius 1 is 1.35 bits per heavy atom. The zero-order valence-electron chi connectivity index (χ0n) is 10.8. The summed E-state index contributed by atoms with van der Waals surface area (Å²) in [6, 6.07) is 0. The van der Waals surface area contributed by atoms with Crippen molar-refractivity contribution in [3.05, 3.63) is 0 Å². The SMILES string of the molecule is CCCN1B(C)N(C)[Si]N(c2nn[nH]n2)B1C. The van der Waals surface area contributed by atoms with Gasteiger partial charge in [0.25, 0.3) is 16.8 Å². The summed E-state index contributed by atoms with van der Waals surface area (Å²) < 4.78 is 6.94. The van der Waals surface area contributed by atoms with E-state index in [1.807, 2.05) is 0 Å². The molecule has 1 fully saturated rings. The summed E-state index contributed by atoms with van der Waals surface area (Å²) in [4.78, 5) is 0. The van der Waals surface area contributed by atoms with E-state index in [4.69, 9.17) is 0 Å². The second kappa shape index (κ2) is 5.19. The Bertz CT molecular complexity index is 350. The van der Waals surface area contributed by atoms with Gasteiger partial charge in [-0.05, 0) is 25.2 Å². The molecule has 90 valence electrons. The summed E-state index contributed by atoms with van der Waals surface area (Å²) >= 11 is 0. The second-order valence-corrected chi connectivity index (χ2v) is 5.68. The van der Waals surface area contributed by atoms with Crippen LogP contribution in [-0.2, 0) is 0 Å². The monoisotopic (exact) mass is 249 g/mol. The van der Waals surface area contributed by atoms with Gasteiger partial charge in [0.1, 0.15) is 0 Å². The minimum absolute atomic E-state index is 0.303. The molecular weight excluding hydrogens is 232 g/mol. The lowest BCUT2D eigenvalue weighted by molar-refractivity contribution is 0.565. The quantitative estimate of drug-likeness (QED) is 0.724. The number of H-pyrrole nitrogens is 1. The number of nitrogens with one attached hydrogen (secondary N) is 1. The van der Waals surface area contributed by atoms with Crippen molar-refractivity contribution >= 4 is 29.8 Å². The Labute approximate surface area is 105 Å². The Morgan fingerprint density at radius 2 is 2.12 bits per heavy atom. The summed E-state index contributed by atoms with van der Waals surface area (Å²) in [6.07, 6.45) is 1.14. The average Bonchev–Trinajstić information content (AvgIpc) is 2.83. The number of anilines is 1. The predicted molar refractivity (Wildman–Crippen MR) is 70.4 cm³/mol. The molecule has 0 spiro atoms. The highest BCUT2D eigenvalue weighted by Crippen LogP contribution is 2.17. The fourth-order valence-electron chi connectivity index (χ4n) is 2.12. The van der Waals surface area contributed by atoms with Crippen LogP contribution in [0.3, 0.4) is 0 Å². The van der Waals surface area contributed by atoms with Crippen molar-refractivity contribution in [1.82, 2.24) is 29.8 Å². The van der Waals surface area contributed by atoms with Gasteiger partial charge in [0.2, 0.25) is 5.95 Å². The van der Waals surface area contributed by atoms with E-state index in [1.165, 1.54) is 0 Å². The van der Waals surface area contributed by atoms with Gasteiger partial charge in [0, 0.05) is 0 Å². The highest BCUT2D eigenvalue weighted by atomic mass is 28.2. The molecule has 1 aliphatic rings. The molecule has 1 aliphatic heterocycles. The average molecular weight is 249 g/mol. The highest BCUT2D eigenvalue weighted by molar-refractivity contribution is 6.86. The molecular formula is C7H17B2N7Si. The standard InChI is InChI=1S/C7H17B2N7Si/c1-5-6-15-8(2)14(4)17-16(9(15)3)7-10-12-13-11-7/h5-6H2,1-4H3,(H,10,11,12,13). The third-order valence-corrected chi connectivity index (χ3v) is 4.67. The van der Waals surface area contributed by atoms with Crippen LogP contribution in [0.25, 0.3) is 0 Å². The Morgan fingerprint density at radius 3 is 2.71 bits per heavy atom. The van der Waals surface area contributed by atoms with Crippen molar-refractivity contribution in [2.45, 2.75) is 27.0 Å². The van der Waals surface area contributed by atoms with E-state index in [2.05, 4.69) is 61.9 Å². The van der Waals surface area contributed by atoms with E-state index in [-0.39, 0.29) is 0 Å². The van der Waals surface area contributed by atoms with Gasteiger partial charge >= 0.3 is 6.98 Å². The maximum atomic E-state index is 4.08. The Balaban J connectivity index is 2.18. The largest absolute Gasteiger partial charge is 0.383 e. The molecule has 17 heavy (non-hydrogen) atoms. The van der Waals surface area contributed by atoms with Gasteiger partial charge in [-0.3, -0.25) is 0 Å². The van der Waals surface area contributed by atoms with Crippen molar-refractivity contribution < 1.29 is 0 Å². The number of hydrogen-bond donors (Lipinski definition) is 1. The van der Waals surface area contributed by atoms with Gasteiger partial charge in [-0.25, -0.2) is 0 Å². The lowest BCUT2D eigenvalue weighted by Gasteiger charge is -2.46. The number of aromatic amines is 1. The van der Waals surface area contributed by atoms with Gasteiger partial charge in [-0.15, -0.1) is 5.10 Å². The van der Waals surface area contributed by atoms with E-state index in [0.29, 0.717) is 29.8 Å². The molecule has 0 aliphatic carbocycles. The first-order valence-corrected chi connectivity index (χ1v) is 6.82. The number of rotatable bonds is 3. The lowest BCUT2D eigenvalue weighted by Crippen LogP contribution is -2.71. The zero-order valence-corrected chi connectivity index (χ0v) is 11.8. The zero-order chi connectivity index (χ0) is 12.4. The van der Waals surface area contributed by atoms with Gasteiger partial charge in [0.05, 0.1) is 0 Å². The van der Waals surface area contributed by atoms with Crippen LogP contribution in [-0.4, -0.2) is 67.2 Å². The Hall–Kier alpha value is -0.863. The van der Waals surface area contributed by atoms with Crippen LogP contribution >= 0.6 is 0 Å². The molecule has 1 aromatic heterocycles. The smallest absolute Gasteiger partial charge is 0.324 e. The predicted octanol–water partition coefficient (Wildman–Crippen LogP) is -0.566.